The molecule has 0 aromatic heterocycles. The monoisotopic (exact) mass is 384 g/mol. The number of ether oxygens (including phenoxy) is 1. The van der Waals surface area contributed by atoms with Gasteiger partial charge < -0.3 is 4.74 Å². The maximum Gasteiger partial charge on any atom is 0.159 e. The second-order valence-corrected chi connectivity index (χ2v) is 8.25. The highest BCUT2D eigenvalue weighted by Gasteiger charge is 2.22. The van der Waals surface area contributed by atoms with E-state index in [4.69, 9.17) is 4.74 Å². The summed E-state index contributed by atoms with van der Waals surface area (Å²) in [4.78, 5) is 15.1. The predicted molar refractivity (Wildman–Crippen MR) is 111 cm³/mol. The van der Waals surface area contributed by atoms with Crippen LogP contribution in [0.5, 0.6) is 5.75 Å². The molecule has 1 heterocycles. The van der Waals surface area contributed by atoms with E-state index in [1.165, 1.54) is 5.56 Å². The molecule has 0 bridgehead atoms. The van der Waals surface area contributed by atoms with Gasteiger partial charge in [-0.25, -0.2) is 0 Å². The predicted octanol–water partition coefficient (Wildman–Crippen LogP) is 4.55. The summed E-state index contributed by atoms with van der Waals surface area (Å²) in [6.45, 7) is 8.77. The fraction of sp³-hybridized carbons (Fsp3) is 0.409. The lowest BCUT2D eigenvalue weighted by Crippen LogP contribution is -2.28. The molecule has 0 saturated carbocycles. The number of hydrogen-bond donors (Lipinski definition) is 1. The first kappa shape index (κ1) is 19.9. The number of benzene rings is 2. The van der Waals surface area contributed by atoms with Crippen LogP contribution in [0.2, 0.25) is 0 Å². The molecule has 0 spiro atoms. The number of hydrogen-bond acceptors (Lipinski definition) is 5. The highest BCUT2D eigenvalue weighted by Crippen LogP contribution is 2.22. The van der Waals surface area contributed by atoms with E-state index >= 15 is 0 Å². The first-order chi connectivity index (χ1) is 13.0. The number of Topliss-reactive ketones (excluding diaryl/α,β-unsaturated/α-hetero) is 1. The van der Waals surface area contributed by atoms with Crippen LogP contribution in [0.15, 0.2) is 53.4 Å². The van der Waals surface area contributed by atoms with Crippen molar-refractivity contribution in [2.45, 2.75) is 50.8 Å². The first-order valence-corrected chi connectivity index (χ1v) is 10.3. The van der Waals surface area contributed by atoms with E-state index in [0.29, 0.717) is 6.04 Å². The Morgan fingerprint density at radius 3 is 2.74 bits per heavy atom. The van der Waals surface area contributed by atoms with Crippen molar-refractivity contribution in [1.82, 2.24) is 9.62 Å². The molecule has 1 saturated heterocycles. The third-order valence-electron chi connectivity index (χ3n) is 4.56. The summed E-state index contributed by atoms with van der Waals surface area (Å²) < 4.78 is 9.26. The summed E-state index contributed by atoms with van der Waals surface area (Å²) in [5.41, 5.74) is 2.08. The maximum absolute atomic E-state index is 11.5. The lowest BCUT2D eigenvalue weighted by Gasteiger charge is -2.17. The Morgan fingerprint density at radius 2 is 2.04 bits per heavy atom. The van der Waals surface area contributed by atoms with Crippen molar-refractivity contribution in [3.8, 4) is 5.75 Å². The van der Waals surface area contributed by atoms with Gasteiger partial charge in [-0.15, -0.1) is 0 Å². The van der Waals surface area contributed by atoms with Gasteiger partial charge in [-0.1, -0.05) is 24.3 Å². The van der Waals surface area contributed by atoms with Gasteiger partial charge in [0.05, 0.1) is 6.10 Å². The van der Waals surface area contributed by atoms with E-state index in [-0.39, 0.29) is 11.9 Å². The Morgan fingerprint density at radius 1 is 1.26 bits per heavy atom. The van der Waals surface area contributed by atoms with Gasteiger partial charge in [0, 0.05) is 36.1 Å². The summed E-state index contributed by atoms with van der Waals surface area (Å²) in [6, 6.07) is 16.7. The molecule has 1 aliphatic rings. The number of carbonyl (C=O) groups excluding carboxylic acids is 1. The van der Waals surface area contributed by atoms with Gasteiger partial charge in [0.1, 0.15) is 5.75 Å². The van der Waals surface area contributed by atoms with Gasteiger partial charge in [-0.2, -0.15) is 0 Å². The Labute approximate surface area is 166 Å². The zero-order valence-electron chi connectivity index (χ0n) is 16.3. The van der Waals surface area contributed by atoms with E-state index in [0.717, 1.165) is 42.3 Å². The quantitative estimate of drug-likeness (QED) is 0.534. The van der Waals surface area contributed by atoms with Crippen molar-refractivity contribution in [3.05, 3.63) is 59.7 Å². The van der Waals surface area contributed by atoms with E-state index in [1.54, 1.807) is 18.9 Å². The molecule has 144 valence electrons. The van der Waals surface area contributed by atoms with Gasteiger partial charge in [-0.05, 0) is 69.0 Å². The minimum Gasteiger partial charge on any atom is -0.491 e. The summed E-state index contributed by atoms with van der Waals surface area (Å²) >= 11 is 1.62. The molecule has 1 fully saturated rings. The molecule has 3 rings (SSSR count). The van der Waals surface area contributed by atoms with Crippen molar-refractivity contribution < 1.29 is 9.53 Å². The van der Waals surface area contributed by atoms with E-state index in [9.17, 15) is 4.79 Å². The second-order valence-electron chi connectivity index (χ2n) is 7.34. The normalized spacial score (nSPS) is 17.4. The summed E-state index contributed by atoms with van der Waals surface area (Å²) in [7, 11) is 0. The Balaban J connectivity index is 1.46. The van der Waals surface area contributed by atoms with Crippen LogP contribution in [0.4, 0.5) is 0 Å². The van der Waals surface area contributed by atoms with Crippen LogP contribution in [0.3, 0.4) is 0 Å². The minimum atomic E-state index is 0.106. The topological polar surface area (TPSA) is 41.6 Å². The van der Waals surface area contributed by atoms with Gasteiger partial charge in [0.25, 0.3) is 0 Å². The molecule has 1 aliphatic heterocycles. The van der Waals surface area contributed by atoms with Crippen molar-refractivity contribution in [1.29, 1.82) is 0 Å². The van der Waals surface area contributed by atoms with Gasteiger partial charge in [0.15, 0.2) is 5.78 Å². The summed E-state index contributed by atoms with van der Waals surface area (Å²) in [5, 5.41) is 0. The molecule has 4 nitrogen and oxygen atoms in total. The Bertz CT molecular complexity index is 761. The second kappa shape index (κ2) is 9.40. The minimum absolute atomic E-state index is 0.106. The maximum atomic E-state index is 11.5. The molecule has 1 atom stereocenters. The van der Waals surface area contributed by atoms with E-state index in [1.807, 2.05) is 38.1 Å². The van der Waals surface area contributed by atoms with Crippen molar-refractivity contribution >= 4 is 17.7 Å². The highest BCUT2D eigenvalue weighted by atomic mass is 32.2. The van der Waals surface area contributed by atoms with Crippen LogP contribution in [0.25, 0.3) is 0 Å². The van der Waals surface area contributed by atoms with Crippen molar-refractivity contribution in [3.63, 3.8) is 0 Å². The molecule has 1 unspecified atom stereocenters. The lowest BCUT2D eigenvalue weighted by molar-refractivity contribution is 0.101. The average Bonchev–Trinajstić information content (AvgIpc) is 3.09. The highest BCUT2D eigenvalue weighted by molar-refractivity contribution is 7.97. The summed E-state index contributed by atoms with van der Waals surface area (Å²) in [6.07, 6.45) is 1.34. The van der Waals surface area contributed by atoms with Gasteiger partial charge in [-0.3, -0.25) is 14.4 Å². The van der Waals surface area contributed by atoms with Crippen LogP contribution in [-0.4, -0.2) is 35.9 Å². The molecule has 2 aromatic rings. The molecule has 0 radical (unpaired) electrons. The summed E-state index contributed by atoms with van der Waals surface area (Å²) in [5.74, 6) is 1.04. The number of carbonyl (C=O) groups is 1. The number of nitrogens with one attached hydrogen (secondary N) is 1. The third-order valence-corrected chi connectivity index (χ3v) is 5.50. The van der Waals surface area contributed by atoms with Crippen molar-refractivity contribution in [2.75, 3.05) is 13.1 Å². The molecular formula is C22H28N2O2S. The zero-order chi connectivity index (χ0) is 19.2. The molecule has 5 heteroatoms. The number of rotatable bonds is 8. The average molecular weight is 385 g/mol. The number of ketones is 1. The molecule has 0 aliphatic carbocycles. The molecule has 1 N–H and O–H groups in total. The van der Waals surface area contributed by atoms with Crippen LogP contribution in [0.1, 0.15) is 43.1 Å². The van der Waals surface area contributed by atoms with Crippen molar-refractivity contribution in [2.24, 2.45) is 0 Å². The third kappa shape index (κ3) is 6.09. The Kier molecular flexibility index (Phi) is 6.94. The lowest BCUT2D eigenvalue weighted by atomic mass is 10.2. The fourth-order valence-corrected chi connectivity index (χ4v) is 4.03. The van der Waals surface area contributed by atoms with Gasteiger partial charge in [0.2, 0.25) is 0 Å². The van der Waals surface area contributed by atoms with E-state index in [2.05, 4.69) is 33.9 Å². The van der Waals surface area contributed by atoms with Gasteiger partial charge >= 0.3 is 0 Å². The molecule has 27 heavy (non-hydrogen) atoms. The number of nitrogens with zero attached hydrogens (tertiary/aromatic N) is 1. The number of likely N-dealkylation sites (tertiary alicyclic amines) is 1. The fourth-order valence-electron chi connectivity index (χ4n) is 3.21. The van der Waals surface area contributed by atoms with Crippen LogP contribution in [-0.2, 0) is 6.54 Å². The molecule has 2 aromatic carbocycles. The van der Waals surface area contributed by atoms with Crippen LogP contribution >= 0.6 is 11.9 Å². The standard InChI is InChI=1S/C22H28N2O2S/c1-16(2)26-21-9-7-18(8-10-21)14-24-12-11-20(15-24)23-27-22-6-4-5-19(13-22)17(3)25/h4-10,13,16,20,23H,11-12,14-15H2,1-3H3. The smallest absolute Gasteiger partial charge is 0.159 e. The first-order valence-electron chi connectivity index (χ1n) is 9.51. The Hall–Kier alpha value is -1.82. The molecular weight excluding hydrogens is 356 g/mol. The zero-order valence-corrected chi connectivity index (χ0v) is 17.1. The van der Waals surface area contributed by atoms with Crippen LogP contribution < -0.4 is 9.46 Å². The van der Waals surface area contributed by atoms with E-state index < -0.39 is 0 Å². The SMILES string of the molecule is CC(=O)c1cccc(SNC2CCN(Cc3ccc(OC(C)C)cc3)C2)c1. The van der Waals surface area contributed by atoms with Crippen LogP contribution in [0, 0.1) is 0 Å². The molecule has 0 amide bonds. The largest absolute Gasteiger partial charge is 0.491 e.